The predicted molar refractivity (Wildman–Crippen MR) is 56.1 cm³/mol. The van der Waals surface area contributed by atoms with Crippen LogP contribution in [0.15, 0.2) is 24.3 Å². The molecule has 0 radical (unpaired) electrons. The van der Waals surface area contributed by atoms with E-state index in [9.17, 15) is 0 Å². The van der Waals surface area contributed by atoms with Crippen LogP contribution in [-0.2, 0) is 0 Å². The van der Waals surface area contributed by atoms with Crippen molar-refractivity contribution >= 4 is 0 Å². The summed E-state index contributed by atoms with van der Waals surface area (Å²) in [6.45, 7) is 8.45. The Morgan fingerprint density at radius 2 is 1.71 bits per heavy atom. The molecule has 0 unspecified atom stereocenters. The molecule has 0 fully saturated rings. The molecule has 0 bridgehead atoms. The van der Waals surface area contributed by atoms with Crippen LogP contribution in [0.25, 0.3) is 0 Å². The fraction of sp³-hybridized carbons (Fsp3) is 0.500. The van der Waals surface area contributed by atoms with E-state index >= 15 is 0 Å². The molecule has 0 aromatic heterocycles. The molecule has 80 valence electrons. The molecule has 1 rings (SSSR count). The van der Waals surface area contributed by atoms with E-state index in [4.69, 9.17) is 4.74 Å². The molecule has 0 aliphatic heterocycles. The molecule has 0 saturated heterocycles. The van der Waals surface area contributed by atoms with Gasteiger partial charge in [-0.05, 0) is 0 Å². The minimum atomic E-state index is -0.0959. The standard InChI is InChI=1S/C12H18IO/c1-5-13-10-6-8-11(9-7-10)14-12(2,3)4/h6-9H,5H2,1-4H3/q-1. The Balaban J connectivity index is 2.64. The third-order valence-corrected chi connectivity index (χ3v) is 3.89. The first kappa shape index (κ1) is 11.8. The number of rotatable bonds is 3. The number of benzene rings is 1. The van der Waals surface area contributed by atoms with Gasteiger partial charge in [-0.2, -0.15) is 0 Å². The van der Waals surface area contributed by atoms with Crippen LogP contribution >= 0.6 is 0 Å². The zero-order valence-electron chi connectivity index (χ0n) is 9.30. The van der Waals surface area contributed by atoms with Gasteiger partial charge in [0.1, 0.15) is 0 Å². The second-order valence-corrected chi connectivity index (χ2v) is 7.60. The van der Waals surface area contributed by atoms with E-state index in [1.807, 2.05) is 0 Å². The van der Waals surface area contributed by atoms with Gasteiger partial charge in [0.05, 0.1) is 0 Å². The molecule has 0 aliphatic rings. The molecule has 1 aromatic rings. The van der Waals surface area contributed by atoms with Gasteiger partial charge in [0, 0.05) is 0 Å². The summed E-state index contributed by atoms with van der Waals surface area (Å²) >= 11 is 0.228. The van der Waals surface area contributed by atoms with E-state index in [-0.39, 0.29) is 26.8 Å². The van der Waals surface area contributed by atoms with Crippen molar-refractivity contribution in [1.29, 1.82) is 0 Å². The Morgan fingerprint density at radius 1 is 1.14 bits per heavy atom. The van der Waals surface area contributed by atoms with Gasteiger partial charge in [0.2, 0.25) is 0 Å². The number of hydrogen-bond donors (Lipinski definition) is 0. The molecule has 0 spiro atoms. The summed E-state index contributed by atoms with van der Waals surface area (Å²) in [4.78, 5) is 0. The molecule has 1 aromatic carbocycles. The Bertz CT molecular complexity index is 271. The van der Waals surface area contributed by atoms with Crippen molar-refractivity contribution < 1.29 is 25.9 Å². The fourth-order valence-corrected chi connectivity index (χ4v) is 2.85. The summed E-state index contributed by atoms with van der Waals surface area (Å²) in [6, 6.07) is 8.54. The van der Waals surface area contributed by atoms with Crippen molar-refractivity contribution in [1.82, 2.24) is 0 Å². The SMILES string of the molecule is CC[I-]c1ccc(OC(C)(C)C)cc1. The molecule has 2 heteroatoms. The first-order valence-electron chi connectivity index (χ1n) is 4.89. The van der Waals surface area contributed by atoms with Crippen LogP contribution in [-0.4, -0.2) is 10.0 Å². The van der Waals surface area contributed by atoms with Gasteiger partial charge in [-0.25, -0.2) is 0 Å². The van der Waals surface area contributed by atoms with Crippen LogP contribution in [0.4, 0.5) is 0 Å². The molecule has 0 atom stereocenters. The molecule has 0 N–H and O–H groups in total. The molecule has 0 heterocycles. The summed E-state index contributed by atoms with van der Waals surface area (Å²) in [7, 11) is 0. The van der Waals surface area contributed by atoms with E-state index < -0.39 is 0 Å². The van der Waals surface area contributed by atoms with E-state index in [1.165, 1.54) is 8.00 Å². The van der Waals surface area contributed by atoms with E-state index in [0.29, 0.717) is 0 Å². The Labute approximate surface area is 97.1 Å². The zero-order chi connectivity index (χ0) is 10.6. The first-order chi connectivity index (χ1) is 6.51. The summed E-state index contributed by atoms with van der Waals surface area (Å²) in [5, 5.41) is 0. The second kappa shape index (κ2) is 5.01. The summed E-state index contributed by atoms with van der Waals surface area (Å²) in [6.07, 6.45) is 0. The molecular weight excluding hydrogens is 287 g/mol. The van der Waals surface area contributed by atoms with Crippen LogP contribution in [0.2, 0.25) is 0 Å². The maximum atomic E-state index is 5.75. The van der Waals surface area contributed by atoms with Gasteiger partial charge in [-0.1, -0.05) is 0 Å². The van der Waals surface area contributed by atoms with Crippen molar-refractivity contribution in [2.75, 3.05) is 4.43 Å². The normalized spacial score (nSPS) is 11.7. The summed E-state index contributed by atoms with van der Waals surface area (Å²) in [5.74, 6) is 0.973. The van der Waals surface area contributed by atoms with Gasteiger partial charge in [-0.15, -0.1) is 0 Å². The number of hydrogen-bond acceptors (Lipinski definition) is 1. The van der Waals surface area contributed by atoms with Crippen LogP contribution in [0.5, 0.6) is 5.75 Å². The Hall–Kier alpha value is -0.250. The van der Waals surface area contributed by atoms with E-state index in [0.717, 1.165) is 5.75 Å². The Morgan fingerprint density at radius 3 is 2.14 bits per heavy atom. The van der Waals surface area contributed by atoms with Gasteiger partial charge in [0.25, 0.3) is 0 Å². The Kier molecular flexibility index (Phi) is 4.23. The number of ether oxygens (including phenoxy) is 1. The summed E-state index contributed by atoms with van der Waals surface area (Å²) in [5.41, 5.74) is -0.0959. The first-order valence-corrected chi connectivity index (χ1v) is 7.50. The van der Waals surface area contributed by atoms with Crippen LogP contribution in [0, 0.1) is 3.57 Å². The average Bonchev–Trinajstić information content (AvgIpc) is 2.06. The van der Waals surface area contributed by atoms with Gasteiger partial charge in [0.15, 0.2) is 0 Å². The molecule has 14 heavy (non-hydrogen) atoms. The monoisotopic (exact) mass is 305 g/mol. The number of alkyl halides is 1. The third kappa shape index (κ3) is 4.31. The minimum absolute atomic E-state index is 0.0959. The van der Waals surface area contributed by atoms with Crippen LogP contribution < -0.4 is 25.9 Å². The van der Waals surface area contributed by atoms with Gasteiger partial charge >= 0.3 is 97.3 Å². The predicted octanol–water partition coefficient (Wildman–Crippen LogP) is 0.142. The number of halogens is 1. The maximum absolute atomic E-state index is 5.75. The topological polar surface area (TPSA) is 9.23 Å². The molecular formula is C12H18IO-. The van der Waals surface area contributed by atoms with E-state index in [2.05, 4.69) is 52.0 Å². The second-order valence-electron chi connectivity index (χ2n) is 4.07. The van der Waals surface area contributed by atoms with Gasteiger partial charge < -0.3 is 0 Å². The fourth-order valence-electron chi connectivity index (χ4n) is 1.10. The van der Waals surface area contributed by atoms with Crippen molar-refractivity contribution in [2.45, 2.75) is 33.3 Å². The van der Waals surface area contributed by atoms with Gasteiger partial charge in [-0.3, -0.25) is 0 Å². The quantitative estimate of drug-likeness (QED) is 0.570. The van der Waals surface area contributed by atoms with Crippen molar-refractivity contribution in [3.8, 4) is 5.75 Å². The third-order valence-electron chi connectivity index (χ3n) is 1.53. The molecule has 0 saturated carbocycles. The van der Waals surface area contributed by atoms with Crippen LogP contribution in [0.1, 0.15) is 27.7 Å². The van der Waals surface area contributed by atoms with Crippen LogP contribution in [0.3, 0.4) is 0 Å². The summed E-state index contributed by atoms with van der Waals surface area (Å²) < 4.78 is 8.54. The molecule has 0 amide bonds. The van der Waals surface area contributed by atoms with E-state index in [1.54, 1.807) is 0 Å². The molecule has 0 aliphatic carbocycles. The molecule has 1 nitrogen and oxygen atoms in total. The average molecular weight is 305 g/mol. The van der Waals surface area contributed by atoms with Crippen molar-refractivity contribution in [3.05, 3.63) is 27.8 Å². The van der Waals surface area contributed by atoms with Crippen molar-refractivity contribution in [2.24, 2.45) is 0 Å². The zero-order valence-corrected chi connectivity index (χ0v) is 11.5. The van der Waals surface area contributed by atoms with Crippen molar-refractivity contribution in [3.63, 3.8) is 0 Å².